The molecule has 16 heavy (non-hydrogen) atoms. The Kier molecular flexibility index (Phi) is 3.31. The second kappa shape index (κ2) is 4.07. The number of nitrogens with one attached hydrogen (secondary N) is 1. The minimum atomic E-state index is -0.830. The molecule has 1 aliphatic carbocycles. The Morgan fingerprint density at radius 2 is 1.62 bits per heavy atom. The summed E-state index contributed by atoms with van der Waals surface area (Å²) in [6, 6.07) is 0. The van der Waals surface area contributed by atoms with Crippen molar-refractivity contribution in [3.05, 3.63) is 0 Å². The lowest BCUT2D eigenvalue weighted by molar-refractivity contribution is -0.125. The van der Waals surface area contributed by atoms with Crippen LogP contribution in [0.5, 0.6) is 0 Å². The molecule has 0 saturated heterocycles. The molecule has 0 aromatic carbocycles. The van der Waals surface area contributed by atoms with Crippen molar-refractivity contribution in [3.8, 4) is 0 Å². The first-order chi connectivity index (χ1) is 7.12. The van der Waals surface area contributed by atoms with Crippen LogP contribution < -0.4 is 5.32 Å². The second-order valence-corrected chi connectivity index (χ2v) is 5.89. The number of rotatable bonds is 3. The van der Waals surface area contributed by atoms with Crippen molar-refractivity contribution < 1.29 is 14.3 Å². The summed E-state index contributed by atoms with van der Waals surface area (Å²) in [6.07, 6.45) is 1.35. The third kappa shape index (κ3) is 3.83. The number of Topliss-reactive ketones (excluding diaryl/α,β-unsaturated/α-hetero) is 1. The SMILES string of the molecule is CC(C)(C)OC(=O)NC(C)(C)C(=O)C1CC1. The zero-order valence-corrected chi connectivity index (χ0v) is 10.7. The van der Waals surface area contributed by atoms with Crippen LogP contribution in [0.2, 0.25) is 0 Å². The van der Waals surface area contributed by atoms with Crippen LogP contribution in [0.4, 0.5) is 4.79 Å². The van der Waals surface area contributed by atoms with Crippen molar-refractivity contribution in [1.82, 2.24) is 5.32 Å². The zero-order valence-electron chi connectivity index (χ0n) is 10.7. The first kappa shape index (κ1) is 13.0. The monoisotopic (exact) mass is 227 g/mol. The predicted octanol–water partition coefficient (Wildman–Crippen LogP) is 2.27. The van der Waals surface area contributed by atoms with Gasteiger partial charge < -0.3 is 10.1 Å². The van der Waals surface area contributed by atoms with Crippen molar-refractivity contribution in [1.29, 1.82) is 0 Å². The molecule has 1 rings (SSSR count). The van der Waals surface area contributed by atoms with Crippen LogP contribution in [-0.2, 0) is 9.53 Å². The molecule has 4 nitrogen and oxygen atoms in total. The van der Waals surface area contributed by atoms with E-state index in [9.17, 15) is 9.59 Å². The molecule has 92 valence electrons. The van der Waals surface area contributed by atoms with E-state index in [1.165, 1.54) is 0 Å². The molecule has 1 amide bonds. The molecule has 0 aromatic rings. The van der Waals surface area contributed by atoms with E-state index in [0.717, 1.165) is 12.8 Å². The molecule has 0 heterocycles. The van der Waals surface area contributed by atoms with Gasteiger partial charge in [-0.25, -0.2) is 4.79 Å². The van der Waals surface area contributed by atoms with Gasteiger partial charge in [0.25, 0.3) is 0 Å². The van der Waals surface area contributed by atoms with Gasteiger partial charge in [0.05, 0.1) is 5.54 Å². The third-order valence-corrected chi connectivity index (χ3v) is 2.38. The Morgan fingerprint density at radius 3 is 2.00 bits per heavy atom. The number of amides is 1. The largest absolute Gasteiger partial charge is 0.444 e. The maximum Gasteiger partial charge on any atom is 0.408 e. The summed E-state index contributed by atoms with van der Waals surface area (Å²) in [4.78, 5) is 23.4. The zero-order chi connectivity index (χ0) is 12.6. The summed E-state index contributed by atoms with van der Waals surface area (Å²) in [6.45, 7) is 8.82. The van der Waals surface area contributed by atoms with Crippen molar-refractivity contribution in [2.75, 3.05) is 0 Å². The third-order valence-electron chi connectivity index (χ3n) is 2.38. The van der Waals surface area contributed by atoms with Gasteiger partial charge >= 0.3 is 6.09 Å². The van der Waals surface area contributed by atoms with Crippen LogP contribution in [0.25, 0.3) is 0 Å². The first-order valence-electron chi connectivity index (χ1n) is 5.67. The van der Waals surface area contributed by atoms with Crippen molar-refractivity contribution in [2.24, 2.45) is 5.92 Å². The van der Waals surface area contributed by atoms with Gasteiger partial charge in [0.1, 0.15) is 5.60 Å². The standard InChI is InChI=1S/C12H21NO3/c1-11(2,3)16-10(15)13-12(4,5)9(14)8-6-7-8/h8H,6-7H2,1-5H3,(H,13,15). The number of ether oxygens (including phenoxy) is 1. The van der Waals surface area contributed by atoms with Crippen molar-refractivity contribution >= 4 is 11.9 Å². The molecule has 0 spiro atoms. The molecule has 0 atom stereocenters. The number of carbonyl (C=O) groups excluding carboxylic acids is 2. The van der Waals surface area contributed by atoms with Crippen LogP contribution in [0, 0.1) is 5.92 Å². The van der Waals surface area contributed by atoms with Gasteiger partial charge in [-0.1, -0.05) is 0 Å². The highest BCUT2D eigenvalue weighted by atomic mass is 16.6. The summed E-state index contributed by atoms with van der Waals surface area (Å²) in [5.41, 5.74) is -1.37. The van der Waals surface area contributed by atoms with Crippen LogP contribution in [-0.4, -0.2) is 23.0 Å². The van der Waals surface area contributed by atoms with Gasteiger partial charge in [-0.05, 0) is 47.5 Å². The molecule has 0 radical (unpaired) electrons. The Hall–Kier alpha value is -1.06. The molecule has 4 heteroatoms. The number of alkyl carbamates (subject to hydrolysis) is 1. The van der Waals surface area contributed by atoms with Gasteiger partial charge in [0.15, 0.2) is 5.78 Å². The van der Waals surface area contributed by atoms with E-state index in [1.54, 1.807) is 34.6 Å². The van der Waals surface area contributed by atoms with Crippen LogP contribution in [0.15, 0.2) is 0 Å². The number of hydrogen-bond donors (Lipinski definition) is 1. The highest BCUT2D eigenvalue weighted by Gasteiger charge is 2.41. The van der Waals surface area contributed by atoms with Crippen LogP contribution in [0.1, 0.15) is 47.5 Å². The molecule has 0 aromatic heterocycles. The van der Waals surface area contributed by atoms with Gasteiger partial charge in [-0.15, -0.1) is 0 Å². The van der Waals surface area contributed by atoms with Gasteiger partial charge in [-0.2, -0.15) is 0 Å². The summed E-state index contributed by atoms with van der Waals surface area (Å²) in [7, 11) is 0. The fraction of sp³-hybridized carbons (Fsp3) is 0.833. The second-order valence-electron chi connectivity index (χ2n) is 5.89. The normalized spacial score (nSPS) is 16.8. The molecule has 0 aliphatic heterocycles. The average molecular weight is 227 g/mol. The maximum atomic E-state index is 11.9. The molecule has 1 saturated carbocycles. The minimum absolute atomic E-state index is 0.0957. The molecule has 0 bridgehead atoms. The smallest absolute Gasteiger partial charge is 0.408 e. The van der Waals surface area contributed by atoms with E-state index < -0.39 is 17.2 Å². The molecule has 1 N–H and O–H groups in total. The number of carbonyl (C=O) groups is 2. The van der Waals surface area contributed by atoms with E-state index in [1.807, 2.05) is 0 Å². The Labute approximate surface area is 96.7 Å². The Balaban J connectivity index is 2.51. The Morgan fingerprint density at radius 1 is 1.12 bits per heavy atom. The summed E-state index contributed by atoms with van der Waals surface area (Å²) in [5, 5.41) is 2.62. The molecule has 0 unspecified atom stereocenters. The van der Waals surface area contributed by atoms with Crippen LogP contribution >= 0.6 is 0 Å². The fourth-order valence-electron chi connectivity index (χ4n) is 1.48. The van der Waals surface area contributed by atoms with E-state index in [0.29, 0.717) is 0 Å². The molecule has 1 fully saturated rings. The molecule has 1 aliphatic rings. The summed E-state index contributed by atoms with van der Waals surface area (Å²) >= 11 is 0. The maximum absolute atomic E-state index is 11.9. The quantitative estimate of drug-likeness (QED) is 0.804. The summed E-state index contributed by atoms with van der Waals surface area (Å²) < 4.78 is 5.12. The lowest BCUT2D eigenvalue weighted by Gasteiger charge is -2.27. The topological polar surface area (TPSA) is 55.4 Å². The fourth-order valence-corrected chi connectivity index (χ4v) is 1.48. The number of ketones is 1. The molecular weight excluding hydrogens is 206 g/mol. The highest BCUT2D eigenvalue weighted by Crippen LogP contribution is 2.33. The minimum Gasteiger partial charge on any atom is -0.444 e. The van der Waals surface area contributed by atoms with E-state index in [4.69, 9.17) is 4.74 Å². The number of hydrogen-bond acceptors (Lipinski definition) is 3. The molecular formula is C12H21NO3. The van der Waals surface area contributed by atoms with Gasteiger partial charge in [0, 0.05) is 5.92 Å². The van der Waals surface area contributed by atoms with Gasteiger partial charge in [0.2, 0.25) is 0 Å². The van der Waals surface area contributed by atoms with E-state index >= 15 is 0 Å². The lowest BCUT2D eigenvalue weighted by Crippen LogP contribution is -2.51. The Bertz CT molecular complexity index is 298. The van der Waals surface area contributed by atoms with E-state index in [-0.39, 0.29) is 11.7 Å². The summed E-state index contributed by atoms with van der Waals surface area (Å²) in [5.74, 6) is 0.225. The van der Waals surface area contributed by atoms with Gasteiger partial charge in [-0.3, -0.25) is 4.79 Å². The average Bonchev–Trinajstić information content (AvgIpc) is 2.79. The lowest BCUT2D eigenvalue weighted by atomic mass is 9.96. The predicted molar refractivity (Wildman–Crippen MR) is 61.2 cm³/mol. The van der Waals surface area contributed by atoms with Crippen LogP contribution in [0.3, 0.4) is 0 Å². The van der Waals surface area contributed by atoms with Crippen molar-refractivity contribution in [3.63, 3.8) is 0 Å². The van der Waals surface area contributed by atoms with Crippen molar-refractivity contribution in [2.45, 2.75) is 58.6 Å². The first-order valence-corrected chi connectivity index (χ1v) is 5.67. The van der Waals surface area contributed by atoms with E-state index in [2.05, 4.69) is 5.32 Å². The highest BCUT2D eigenvalue weighted by molar-refractivity contribution is 5.94.